The van der Waals surface area contributed by atoms with E-state index in [1.807, 2.05) is 4.90 Å². The van der Waals surface area contributed by atoms with E-state index in [9.17, 15) is 19.5 Å². The summed E-state index contributed by atoms with van der Waals surface area (Å²) in [6.07, 6.45) is 4.28. The van der Waals surface area contributed by atoms with Crippen LogP contribution in [0.1, 0.15) is 61.0 Å². The third kappa shape index (κ3) is 11.4. The highest BCUT2D eigenvalue weighted by atomic mass is 16.3. The van der Waals surface area contributed by atoms with Gasteiger partial charge in [0.1, 0.15) is 0 Å². The van der Waals surface area contributed by atoms with Crippen molar-refractivity contribution in [1.29, 1.82) is 0 Å². The van der Waals surface area contributed by atoms with Gasteiger partial charge in [0.2, 0.25) is 0 Å². The number of nitrogens with zero attached hydrogens (tertiary/aromatic N) is 4. The van der Waals surface area contributed by atoms with Crippen LogP contribution in [0.15, 0.2) is 55.0 Å². The number of hydrogen-bond acceptors (Lipinski definition) is 11. The molecule has 0 aromatic carbocycles. The smallest absolute Gasteiger partial charge is 0.252 e. The topological polar surface area (TPSA) is 210 Å². The summed E-state index contributed by atoms with van der Waals surface area (Å²) in [4.78, 5) is 52.3. The molecule has 1 unspecified atom stereocenters. The number of pyridine rings is 3. The van der Waals surface area contributed by atoms with Crippen LogP contribution >= 0.6 is 0 Å². The highest BCUT2D eigenvalue weighted by Crippen LogP contribution is 2.13. The Balaban J connectivity index is 1.72. The largest absolute Gasteiger partial charge is 0.396 e. The molecule has 0 aliphatic carbocycles. The predicted octanol–water partition coefficient (Wildman–Crippen LogP) is -0.619. The minimum Gasteiger partial charge on any atom is -0.396 e. The molecule has 236 valence electrons. The molecule has 1 atom stereocenters. The van der Waals surface area contributed by atoms with Gasteiger partial charge < -0.3 is 36.4 Å². The van der Waals surface area contributed by atoms with Crippen molar-refractivity contribution in [3.8, 4) is 0 Å². The lowest BCUT2D eigenvalue weighted by atomic mass is 10.2. The Morgan fingerprint density at radius 2 is 1.02 bits per heavy atom. The van der Waals surface area contributed by atoms with Crippen molar-refractivity contribution < 1.29 is 34.8 Å². The maximum Gasteiger partial charge on any atom is 0.252 e. The van der Waals surface area contributed by atoms with Gasteiger partial charge in [-0.25, -0.2) is 0 Å². The predicted molar refractivity (Wildman–Crippen MR) is 159 cm³/mol. The zero-order valence-corrected chi connectivity index (χ0v) is 24.4. The first-order valence-electron chi connectivity index (χ1n) is 14.2. The van der Waals surface area contributed by atoms with Gasteiger partial charge in [0, 0.05) is 71.1 Å². The van der Waals surface area contributed by atoms with Crippen LogP contribution < -0.4 is 16.0 Å². The van der Waals surface area contributed by atoms with Gasteiger partial charge in [0.15, 0.2) is 0 Å². The van der Waals surface area contributed by atoms with E-state index in [1.54, 1.807) is 36.4 Å². The standard InChI is InChI=1S/C30H39N7O7/c38-11-1-9-31-28(42)21-3-6-24(33-13-21)17-37(18-25-7-4-22(14-34-25)29(43)32-10-2-12-39)19-26-8-5-23(15-35-26)30(44)36-16-27(41)20-40/h3-8,13-15,27,38-41H,1-2,9-12,16-20H2,(H,31,42)(H,32,43)(H,36,44). The highest BCUT2D eigenvalue weighted by molar-refractivity contribution is 5.94. The summed E-state index contributed by atoms with van der Waals surface area (Å²) in [5.74, 6) is -0.987. The average molecular weight is 610 g/mol. The zero-order chi connectivity index (χ0) is 31.7. The van der Waals surface area contributed by atoms with Gasteiger partial charge in [0.25, 0.3) is 17.7 Å². The maximum atomic E-state index is 12.3. The Hall–Kier alpha value is -4.34. The minimum absolute atomic E-state index is 0.0117. The molecule has 3 amide bonds. The van der Waals surface area contributed by atoms with Crippen LogP contribution in [-0.2, 0) is 19.6 Å². The van der Waals surface area contributed by atoms with Crippen LogP contribution in [0.2, 0.25) is 0 Å². The Morgan fingerprint density at radius 1 is 0.636 bits per heavy atom. The minimum atomic E-state index is -1.05. The highest BCUT2D eigenvalue weighted by Gasteiger charge is 2.15. The Labute approximate surface area is 255 Å². The maximum absolute atomic E-state index is 12.3. The SMILES string of the molecule is O=C(NCCCO)c1ccc(CN(Cc2ccc(C(=O)NCCCO)cn2)Cc2ccc(C(=O)NCC(O)CO)cn2)nc1. The first kappa shape index (κ1) is 34.2. The van der Waals surface area contributed by atoms with Crippen LogP contribution in [0.25, 0.3) is 0 Å². The van der Waals surface area contributed by atoms with Gasteiger partial charge in [-0.3, -0.25) is 34.2 Å². The van der Waals surface area contributed by atoms with Gasteiger partial charge in [-0.15, -0.1) is 0 Å². The number of rotatable bonds is 18. The molecule has 0 aliphatic rings. The summed E-state index contributed by atoms with van der Waals surface area (Å²) in [7, 11) is 0. The van der Waals surface area contributed by atoms with Crippen molar-refractivity contribution in [2.75, 3.05) is 39.5 Å². The van der Waals surface area contributed by atoms with Crippen molar-refractivity contribution in [3.05, 3.63) is 88.8 Å². The van der Waals surface area contributed by atoms with Gasteiger partial charge in [-0.05, 0) is 49.2 Å². The fraction of sp³-hybridized carbons (Fsp3) is 0.400. The summed E-state index contributed by atoms with van der Waals surface area (Å²) in [6.45, 7) is 1.26. The summed E-state index contributed by atoms with van der Waals surface area (Å²) < 4.78 is 0. The second-order valence-corrected chi connectivity index (χ2v) is 9.97. The van der Waals surface area contributed by atoms with Crippen molar-refractivity contribution in [3.63, 3.8) is 0 Å². The molecule has 14 nitrogen and oxygen atoms in total. The Morgan fingerprint density at radius 3 is 1.34 bits per heavy atom. The molecule has 0 saturated carbocycles. The summed E-state index contributed by atoms with van der Waals surface area (Å²) in [5, 5.41) is 44.2. The average Bonchev–Trinajstić information content (AvgIpc) is 3.04. The van der Waals surface area contributed by atoms with Crippen molar-refractivity contribution in [2.24, 2.45) is 0 Å². The van der Waals surface area contributed by atoms with Gasteiger partial charge in [-0.1, -0.05) is 0 Å². The van der Waals surface area contributed by atoms with Crippen molar-refractivity contribution in [2.45, 2.75) is 38.6 Å². The number of carbonyl (C=O) groups is 3. The number of aliphatic hydroxyl groups excluding tert-OH is 4. The molecular formula is C30H39N7O7. The van der Waals surface area contributed by atoms with Crippen LogP contribution in [0.5, 0.6) is 0 Å². The molecule has 14 heteroatoms. The van der Waals surface area contributed by atoms with Crippen LogP contribution in [0.3, 0.4) is 0 Å². The molecule has 3 rings (SSSR count). The van der Waals surface area contributed by atoms with Crippen molar-refractivity contribution in [1.82, 2.24) is 35.8 Å². The van der Waals surface area contributed by atoms with Gasteiger partial charge in [-0.2, -0.15) is 0 Å². The van der Waals surface area contributed by atoms with E-state index in [2.05, 4.69) is 30.9 Å². The lowest BCUT2D eigenvalue weighted by molar-refractivity contribution is 0.0801. The summed E-state index contributed by atoms with van der Waals surface area (Å²) in [6, 6.07) is 10.2. The summed E-state index contributed by atoms with van der Waals surface area (Å²) in [5.41, 5.74) is 3.14. The zero-order valence-electron chi connectivity index (χ0n) is 24.4. The Kier molecular flexibility index (Phi) is 14.2. The number of amides is 3. The van der Waals surface area contributed by atoms with Crippen LogP contribution in [0.4, 0.5) is 0 Å². The molecule has 0 saturated heterocycles. The molecule has 0 aliphatic heterocycles. The van der Waals surface area contributed by atoms with E-state index in [-0.39, 0.29) is 31.6 Å². The molecule has 0 fully saturated rings. The molecule has 0 bridgehead atoms. The van der Waals surface area contributed by atoms with E-state index in [1.165, 1.54) is 18.6 Å². The number of nitrogens with one attached hydrogen (secondary N) is 3. The van der Waals surface area contributed by atoms with Gasteiger partial charge in [0.05, 0.1) is 46.5 Å². The van der Waals surface area contributed by atoms with Crippen molar-refractivity contribution >= 4 is 17.7 Å². The lowest BCUT2D eigenvalue weighted by Gasteiger charge is -2.21. The summed E-state index contributed by atoms with van der Waals surface area (Å²) >= 11 is 0. The van der Waals surface area contributed by atoms with E-state index < -0.39 is 18.6 Å². The Bertz CT molecular complexity index is 1260. The molecule has 7 N–H and O–H groups in total. The number of aliphatic hydroxyl groups is 4. The number of carbonyl (C=O) groups excluding carboxylic acids is 3. The van der Waals surface area contributed by atoms with E-state index in [0.717, 1.165) is 0 Å². The molecule has 3 heterocycles. The number of aromatic nitrogens is 3. The second kappa shape index (κ2) is 18.4. The second-order valence-electron chi connectivity index (χ2n) is 9.97. The fourth-order valence-electron chi connectivity index (χ4n) is 3.96. The van der Waals surface area contributed by atoms with E-state index >= 15 is 0 Å². The lowest BCUT2D eigenvalue weighted by Crippen LogP contribution is -2.34. The normalized spacial score (nSPS) is 11.7. The van der Waals surface area contributed by atoms with E-state index in [0.29, 0.717) is 79.3 Å². The molecule has 3 aromatic heterocycles. The fourth-order valence-corrected chi connectivity index (χ4v) is 3.96. The number of hydrogen-bond donors (Lipinski definition) is 7. The first-order valence-corrected chi connectivity index (χ1v) is 14.2. The molecule has 44 heavy (non-hydrogen) atoms. The van der Waals surface area contributed by atoms with Crippen LogP contribution in [0, 0.1) is 0 Å². The third-order valence-corrected chi connectivity index (χ3v) is 6.37. The van der Waals surface area contributed by atoms with Crippen LogP contribution in [-0.4, -0.2) is 104 Å². The quantitative estimate of drug-likeness (QED) is 0.0904. The molecule has 3 aromatic rings. The van der Waals surface area contributed by atoms with E-state index in [4.69, 9.17) is 15.3 Å². The third-order valence-electron chi connectivity index (χ3n) is 6.37. The molecular weight excluding hydrogens is 570 g/mol. The van der Waals surface area contributed by atoms with Gasteiger partial charge >= 0.3 is 0 Å². The molecule has 0 spiro atoms. The monoisotopic (exact) mass is 609 g/mol. The first-order chi connectivity index (χ1) is 21.3. The molecule has 0 radical (unpaired) electrons.